The van der Waals surface area contributed by atoms with Crippen LogP contribution >= 0.6 is 0 Å². The second-order valence-corrected chi connectivity index (χ2v) is 29.4. The molecular weight excluding hydrogens is 929 g/mol. The number of aliphatic hydroxyl groups excluding tert-OH is 1. The Morgan fingerprint density at radius 1 is 0.587 bits per heavy atom. The number of allylic oxidation sites excluding steroid dienone is 8. The fourth-order valence-electron chi connectivity index (χ4n) is 20.5. The summed E-state index contributed by atoms with van der Waals surface area (Å²) >= 11 is 0. The Morgan fingerprint density at radius 2 is 0.960 bits per heavy atom. The number of carbonyl (C=O) groups excluding carboxylic acids is 4. The van der Waals surface area contributed by atoms with Gasteiger partial charge in [0.2, 0.25) is 11.4 Å². The topological polar surface area (TPSA) is 106 Å². The summed E-state index contributed by atoms with van der Waals surface area (Å²) in [6.45, 7) is 44.0. The molecule has 10 aliphatic carbocycles. The average molecular weight is 1030 g/mol. The van der Waals surface area contributed by atoms with E-state index in [1.54, 1.807) is 7.11 Å². The average Bonchev–Trinajstić information content (AvgIpc) is 3.38. The number of hydrogen-bond donors (Lipinski definition) is 1. The molecule has 1 N–H and O–H groups in total. The fraction of sp³-hybridized carbons (Fsp3) is 0.791. The standard InChI is InChI=1S/C33H47NO3.C32H45NO3.2CH4/c1-21-22-10-12-31(5)26(30(22,4)20-24(34-7)28(21)36)18-25(35)27-23-19-29(2,3)13-15-33(23,11-9-17-37-8)16-14-32(27,31)6;1-20-21-9-11-30(5)25(29(21,4)19-23(33-7)27(20)36)17-24(35)26-22-18-28(2,3)12-14-32(22,10-8-16-34)15-13-31(26,30)6;;/h18,20-23,27H,9-17,19H2,1-6,8H3;17,19-22,26,34H,8-16,18H2,1-6H3;2*1H4/t21-,22-,23-,27-,30-,31+,32+,33+;20-,21-,22-,26-,29-,30+,31+,32+;;/m00../s1/i;;2*1T. The second-order valence-electron chi connectivity index (χ2n) is 29.4. The molecular formula is C67H100N2O6. The largest absolute Gasteiger partial charge is 0.396 e. The molecule has 6 saturated carbocycles. The first kappa shape index (κ1) is 56.3. The highest BCUT2D eigenvalue weighted by Gasteiger charge is 2.71. The Labute approximate surface area is 458 Å². The third kappa shape index (κ3) is 8.49. The molecule has 75 heavy (non-hydrogen) atoms. The number of rotatable bonds is 7. The predicted molar refractivity (Wildman–Crippen MR) is 301 cm³/mol. The van der Waals surface area contributed by atoms with Crippen LogP contribution in [-0.2, 0) is 23.9 Å². The molecule has 0 bridgehead atoms. The van der Waals surface area contributed by atoms with Gasteiger partial charge in [0.25, 0.3) is 0 Å². The first-order valence-electron chi connectivity index (χ1n) is 31.0. The molecule has 0 aromatic rings. The number of fused-ring (bicyclic) bond motifs is 14. The van der Waals surface area contributed by atoms with Gasteiger partial charge in [-0.3, -0.25) is 9.59 Å². The number of Topliss-reactive ketones (excluding diaryl/α,β-unsaturated/α-hetero) is 2. The highest BCUT2D eigenvalue weighted by molar-refractivity contribution is 6.02. The molecule has 16 atom stereocenters. The van der Waals surface area contributed by atoms with Crippen LogP contribution in [0.15, 0.2) is 46.8 Å². The van der Waals surface area contributed by atoms with Crippen molar-refractivity contribution in [1.82, 2.24) is 0 Å². The molecule has 0 aliphatic heterocycles. The van der Waals surface area contributed by atoms with E-state index in [-0.39, 0.29) is 114 Å². The maximum atomic E-state index is 14.4. The van der Waals surface area contributed by atoms with E-state index >= 15 is 0 Å². The predicted octanol–water partition coefficient (Wildman–Crippen LogP) is 15.8. The summed E-state index contributed by atoms with van der Waals surface area (Å²) < 4.78 is 17.0. The number of nitrogens with zero attached hydrogens (tertiary/aromatic N) is 2. The smallest absolute Gasteiger partial charge is 0.226 e. The minimum Gasteiger partial charge on any atom is -0.396 e. The van der Waals surface area contributed by atoms with Gasteiger partial charge < -0.3 is 19.4 Å². The summed E-state index contributed by atoms with van der Waals surface area (Å²) in [5.74, 6) is 1.29. The van der Waals surface area contributed by atoms with E-state index in [9.17, 15) is 24.3 Å². The first-order chi connectivity index (χ1) is 36.1. The van der Waals surface area contributed by atoms with E-state index in [0.717, 1.165) is 96.5 Å². The zero-order valence-corrected chi connectivity index (χ0v) is 49.5. The molecule has 414 valence electrons. The first-order valence-corrected chi connectivity index (χ1v) is 29.0. The summed E-state index contributed by atoms with van der Waals surface area (Å²) in [7, 11) is 4.29. The molecule has 10 aliphatic rings. The Bertz CT molecular complexity index is 2560. The van der Waals surface area contributed by atoms with Crippen LogP contribution in [-0.4, -0.2) is 48.6 Å². The van der Waals surface area contributed by atoms with Crippen molar-refractivity contribution < 1.29 is 31.8 Å². The zero-order valence-electron chi connectivity index (χ0n) is 51.5. The monoisotopic (exact) mass is 1030 g/mol. The molecule has 0 radical (unpaired) electrons. The van der Waals surface area contributed by atoms with E-state index in [4.69, 9.17) is 20.6 Å². The minimum absolute atomic E-state index is 0.00498. The van der Waals surface area contributed by atoms with E-state index in [2.05, 4.69) is 78.9 Å². The number of ketones is 4. The van der Waals surface area contributed by atoms with E-state index < -0.39 is 10.8 Å². The van der Waals surface area contributed by atoms with E-state index in [1.165, 1.54) is 51.6 Å². The Balaban J connectivity index is 0.000000210. The number of ether oxygens (including phenoxy) is 1. The van der Waals surface area contributed by atoms with Gasteiger partial charge in [0.05, 0.1) is 13.1 Å². The van der Waals surface area contributed by atoms with Gasteiger partial charge in [0.1, 0.15) is 0 Å². The summed E-state index contributed by atoms with van der Waals surface area (Å²) in [4.78, 5) is 61.9. The third-order valence-electron chi connectivity index (χ3n) is 25.2. The summed E-state index contributed by atoms with van der Waals surface area (Å²) in [5.41, 5.74) is 2.47. The number of aliphatic hydroxyl groups is 1. The van der Waals surface area contributed by atoms with Gasteiger partial charge in [-0.15, -0.1) is 0 Å². The lowest BCUT2D eigenvalue weighted by atomic mass is 9.34. The molecule has 0 aromatic carbocycles. The van der Waals surface area contributed by atoms with Crippen LogP contribution in [0.1, 0.15) is 216 Å². The minimum atomic E-state index is -0.429. The van der Waals surface area contributed by atoms with Gasteiger partial charge >= 0.3 is 0 Å². The van der Waals surface area contributed by atoms with Crippen molar-refractivity contribution in [1.29, 1.82) is 0 Å². The Hall–Kier alpha value is -3.46. The molecule has 0 amide bonds. The lowest BCUT2D eigenvalue weighted by Crippen LogP contribution is -2.64. The SMILES string of the molecule is [3H]C.[3H]C.[C-]#[N+]C1=C[C@]2(C)C3=CC(=O)[C@@H]4[C@@H]5CC(C)(C)CC[C@]5(CCCO)CC[C@@]4(C)[C@]3(C)CC[C@H]2[C@H](C)C1=O.[C-]#[N+]C1=C[C@]2(C)C3=CC(=O)[C@@H]4[C@@H]5CC(C)(C)CC[C@]5(CCCOC)CC[C@@]4(C)[C@]3(C)CC[C@H]2[C@H](C)C1=O. The van der Waals surface area contributed by atoms with Crippen LogP contribution in [0.4, 0.5) is 0 Å². The van der Waals surface area contributed by atoms with Crippen molar-refractivity contribution in [2.75, 3.05) is 20.3 Å². The maximum Gasteiger partial charge on any atom is 0.226 e. The highest BCUT2D eigenvalue weighted by atomic mass is 16.5. The maximum absolute atomic E-state index is 14.4. The molecule has 0 saturated heterocycles. The fourth-order valence-corrected chi connectivity index (χ4v) is 20.5. The van der Waals surface area contributed by atoms with Crippen LogP contribution in [0.3, 0.4) is 0 Å². The normalized spacial score (nSPS) is 45.8. The van der Waals surface area contributed by atoms with Gasteiger partial charge in [0.15, 0.2) is 23.1 Å². The van der Waals surface area contributed by atoms with Gasteiger partial charge in [-0.1, -0.05) is 121 Å². The molecule has 8 nitrogen and oxygen atoms in total. The molecule has 6 fully saturated rings. The molecule has 8 heteroatoms. The van der Waals surface area contributed by atoms with Crippen LogP contribution in [0.2, 0.25) is 0 Å². The van der Waals surface area contributed by atoms with Crippen molar-refractivity contribution in [2.45, 2.75) is 213 Å². The van der Waals surface area contributed by atoms with Crippen LogP contribution in [0, 0.1) is 115 Å². The number of methoxy groups -OCH3 is 1. The number of hydrogen-bond acceptors (Lipinski definition) is 6. The zero-order chi connectivity index (χ0) is 57.3. The van der Waals surface area contributed by atoms with Crippen molar-refractivity contribution >= 4 is 23.1 Å². The second kappa shape index (κ2) is 19.7. The molecule has 10 rings (SSSR count). The van der Waals surface area contributed by atoms with Gasteiger partial charge in [-0.2, -0.15) is 0 Å². The van der Waals surface area contributed by atoms with Crippen molar-refractivity contribution in [2.24, 2.45) is 101 Å². The molecule has 0 spiro atoms. The molecule has 0 aromatic heterocycles. The number of carbonyl (C=O) groups is 4. The van der Waals surface area contributed by atoms with Crippen molar-refractivity contribution in [3.63, 3.8) is 0 Å². The summed E-state index contributed by atoms with van der Waals surface area (Å²) in [6.07, 6.45) is 27.4. The molecule has 0 heterocycles. The van der Waals surface area contributed by atoms with Crippen LogP contribution in [0.25, 0.3) is 9.69 Å². The van der Waals surface area contributed by atoms with Gasteiger partial charge in [0, 0.05) is 57.6 Å². The summed E-state index contributed by atoms with van der Waals surface area (Å²) in [6, 6.07) is 0. The highest BCUT2D eigenvalue weighted by Crippen LogP contribution is 2.76. The Morgan fingerprint density at radius 3 is 1.32 bits per heavy atom. The van der Waals surface area contributed by atoms with Crippen LogP contribution in [0.5, 0.6) is 0 Å². The Kier molecular flexibility index (Phi) is 14.8. The third-order valence-corrected chi connectivity index (χ3v) is 25.2. The van der Waals surface area contributed by atoms with Gasteiger partial charge in [-0.25, -0.2) is 9.69 Å². The van der Waals surface area contributed by atoms with Crippen molar-refractivity contribution in [3.8, 4) is 0 Å². The summed E-state index contributed by atoms with van der Waals surface area (Å²) in [5, 5.41) is 9.71. The van der Waals surface area contributed by atoms with E-state index in [0.29, 0.717) is 17.6 Å². The van der Waals surface area contributed by atoms with Crippen LogP contribution < -0.4 is 0 Å². The lowest BCUT2D eigenvalue weighted by molar-refractivity contribution is -0.172. The molecule has 0 unspecified atom stereocenters. The van der Waals surface area contributed by atoms with Gasteiger partial charge in [-0.05, 0) is 195 Å². The van der Waals surface area contributed by atoms with E-state index in [1.807, 2.05) is 38.2 Å². The quantitative estimate of drug-likeness (QED) is 0.201. The van der Waals surface area contributed by atoms with Crippen molar-refractivity contribution in [3.05, 3.63) is 69.7 Å². The lowest BCUT2D eigenvalue weighted by Gasteiger charge is -2.69.